The molecule has 2 aromatic carbocycles. The van der Waals surface area contributed by atoms with Crippen LogP contribution in [0.1, 0.15) is 10.4 Å². The first kappa shape index (κ1) is 13.3. The van der Waals surface area contributed by atoms with Crippen LogP contribution in [0.25, 0.3) is 33.2 Å². The number of aromatic nitrogens is 1. The monoisotopic (exact) mass is 304 g/mol. The van der Waals surface area contributed by atoms with E-state index in [1.165, 1.54) is 0 Å². The SMILES string of the molecule is O=C([O-])c1c(-c2ccccc2)c2oc3ccccc3c2[nH]c1=O. The van der Waals surface area contributed by atoms with Gasteiger partial charge in [0.15, 0.2) is 5.58 Å². The minimum atomic E-state index is -1.53. The zero-order valence-electron chi connectivity index (χ0n) is 11.8. The molecule has 0 saturated carbocycles. The second-order valence-corrected chi connectivity index (χ2v) is 5.16. The summed E-state index contributed by atoms with van der Waals surface area (Å²) in [5.41, 5.74) is 1.07. The summed E-state index contributed by atoms with van der Waals surface area (Å²) >= 11 is 0. The summed E-state index contributed by atoms with van der Waals surface area (Å²) in [5, 5.41) is 12.2. The molecule has 0 radical (unpaired) electrons. The Bertz CT molecular complexity index is 1110. The number of carbonyl (C=O) groups excluding carboxylic acids is 1. The summed E-state index contributed by atoms with van der Waals surface area (Å²) in [6.45, 7) is 0. The zero-order chi connectivity index (χ0) is 16.0. The number of H-pyrrole nitrogens is 1. The van der Waals surface area contributed by atoms with Gasteiger partial charge in [-0.3, -0.25) is 4.79 Å². The minimum Gasteiger partial charge on any atom is -0.545 e. The van der Waals surface area contributed by atoms with Crippen LogP contribution in [0, 0.1) is 0 Å². The molecule has 112 valence electrons. The fourth-order valence-electron chi connectivity index (χ4n) is 2.82. The molecule has 0 spiro atoms. The van der Waals surface area contributed by atoms with Gasteiger partial charge in [-0.1, -0.05) is 42.5 Å². The van der Waals surface area contributed by atoms with Crippen LogP contribution in [0.5, 0.6) is 0 Å². The van der Waals surface area contributed by atoms with E-state index in [0.717, 1.165) is 5.39 Å². The summed E-state index contributed by atoms with van der Waals surface area (Å²) in [6.07, 6.45) is 0. The minimum absolute atomic E-state index is 0.237. The third kappa shape index (κ3) is 1.94. The topological polar surface area (TPSA) is 86.1 Å². The maximum absolute atomic E-state index is 12.3. The Morgan fingerprint density at radius 1 is 1.00 bits per heavy atom. The van der Waals surface area contributed by atoms with Gasteiger partial charge in [-0.05, 0) is 17.7 Å². The summed E-state index contributed by atoms with van der Waals surface area (Å²) < 4.78 is 5.82. The molecular formula is C18H10NO4-. The number of hydrogen-bond donors (Lipinski definition) is 1. The maximum atomic E-state index is 12.3. The Morgan fingerprint density at radius 2 is 1.70 bits per heavy atom. The summed E-state index contributed by atoms with van der Waals surface area (Å²) in [4.78, 5) is 26.4. The lowest BCUT2D eigenvalue weighted by atomic mass is 10.00. The van der Waals surface area contributed by atoms with Crippen LogP contribution in [0.2, 0.25) is 0 Å². The van der Waals surface area contributed by atoms with Crippen molar-refractivity contribution in [2.24, 2.45) is 0 Å². The number of carbonyl (C=O) groups is 1. The van der Waals surface area contributed by atoms with E-state index >= 15 is 0 Å². The van der Waals surface area contributed by atoms with Crippen LogP contribution in [-0.4, -0.2) is 11.0 Å². The number of benzene rings is 2. The molecule has 5 heteroatoms. The molecule has 2 aromatic heterocycles. The number of carboxylic acids is 1. The normalized spacial score (nSPS) is 11.1. The Labute approximate surface area is 129 Å². The number of rotatable bonds is 2. The average molecular weight is 304 g/mol. The van der Waals surface area contributed by atoms with Crippen LogP contribution in [0.3, 0.4) is 0 Å². The van der Waals surface area contributed by atoms with Crippen LogP contribution in [0.15, 0.2) is 63.8 Å². The van der Waals surface area contributed by atoms with Gasteiger partial charge in [0.1, 0.15) is 5.58 Å². The zero-order valence-corrected chi connectivity index (χ0v) is 11.8. The third-order valence-corrected chi connectivity index (χ3v) is 3.80. The Balaban J connectivity index is 2.26. The highest BCUT2D eigenvalue weighted by Gasteiger charge is 2.20. The van der Waals surface area contributed by atoms with Gasteiger partial charge in [0.25, 0.3) is 5.56 Å². The molecule has 4 rings (SSSR count). The van der Waals surface area contributed by atoms with E-state index in [2.05, 4.69) is 4.98 Å². The number of fused-ring (bicyclic) bond motifs is 3. The third-order valence-electron chi connectivity index (χ3n) is 3.80. The number of pyridine rings is 1. The van der Waals surface area contributed by atoms with Gasteiger partial charge in [0.05, 0.1) is 17.0 Å². The molecule has 0 aliphatic rings. The highest BCUT2D eigenvalue weighted by Crippen LogP contribution is 2.35. The predicted octanol–water partition coefficient (Wildman–Crippen LogP) is 2.30. The second-order valence-electron chi connectivity index (χ2n) is 5.16. The van der Waals surface area contributed by atoms with Crippen molar-refractivity contribution in [1.82, 2.24) is 4.98 Å². The lowest BCUT2D eigenvalue weighted by Crippen LogP contribution is -2.30. The number of aromatic amines is 1. The summed E-state index contributed by atoms with van der Waals surface area (Å²) in [6, 6.07) is 16.0. The highest BCUT2D eigenvalue weighted by atomic mass is 16.4. The van der Waals surface area contributed by atoms with Crippen LogP contribution in [-0.2, 0) is 0 Å². The number of hydrogen-bond acceptors (Lipinski definition) is 4. The van der Waals surface area contributed by atoms with E-state index in [4.69, 9.17) is 4.42 Å². The van der Waals surface area contributed by atoms with Gasteiger partial charge in [0.2, 0.25) is 0 Å². The predicted molar refractivity (Wildman–Crippen MR) is 84.1 cm³/mol. The Kier molecular flexibility index (Phi) is 2.81. The Hall–Kier alpha value is -3.34. The molecule has 0 atom stereocenters. The van der Waals surface area contributed by atoms with Gasteiger partial charge in [0, 0.05) is 10.9 Å². The molecule has 2 heterocycles. The van der Waals surface area contributed by atoms with Crippen molar-refractivity contribution in [3.63, 3.8) is 0 Å². The first-order chi connectivity index (χ1) is 11.2. The molecule has 0 aliphatic heterocycles. The lowest BCUT2D eigenvalue weighted by molar-refractivity contribution is -0.255. The van der Waals surface area contributed by atoms with Crippen molar-refractivity contribution in [2.75, 3.05) is 0 Å². The van der Waals surface area contributed by atoms with Gasteiger partial charge < -0.3 is 19.3 Å². The van der Waals surface area contributed by atoms with Crippen LogP contribution in [0.4, 0.5) is 0 Å². The second kappa shape index (κ2) is 4.84. The van der Waals surface area contributed by atoms with Crippen molar-refractivity contribution < 1.29 is 14.3 Å². The number of carboxylic acid groups (broad SMARTS) is 1. The molecule has 0 unspecified atom stereocenters. The van der Waals surface area contributed by atoms with Gasteiger partial charge in [-0.15, -0.1) is 0 Å². The van der Waals surface area contributed by atoms with Crippen molar-refractivity contribution in [3.8, 4) is 11.1 Å². The van der Waals surface area contributed by atoms with E-state index in [0.29, 0.717) is 22.2 Å². The first-order valence-electron chi connectivity index (χ1n) is 7.01. The number of para-hydroxylation sites is 1. The van der Waals surface area contributed by atoms with Gasteiger partial charge in [-0.2, -0.15) is 0 Å². The molecule has 0 aliphatic carbocycles. The molecule has 5 nitrogen and oxygen atoms in total. The Morgan fingerprint density at radius 3 is 2.43 bits per heavy atom. The largest absolute Gasteiger partial charge is 0.545 e. The lowest BCUT2D eigenvalue weighted by Gasteiger charge is -2.10. The van der Waals surface area contributed by atoms with Crippen molar-refractivity contribution in [2.45, 2.75) is 0 Å². The fraction of sp³-hybridized carbons (Fsp3) is 0. The van der Waals surface area contributed by atoms with Crippen molar-refractivity contribution >= 4 is 28.0 Å². The smallest absolute Gasteiger partial charge is 0.258 e. The molecule has 0 fully saturated rings. The molecule has 1 N–H and O–H groups in total. The maximum Gasteiger partial charge on any atom is 0.258 e. The number of aromatic carboxylic acids is 1. The van der Waals surface area contributed by atoms with Gasteiger partial charge in [-0.25, -0.2) is 0 Å². The summed E-state index contributed by atoms with van der Waals surface area (Å²) in [5.74, 6) is -1.53. The van der Waals surface area contributed by atoms with Crippen molar-refractivity contribution in [3.05, 3.63) is 70.5 Å². The van der Waals surface area contributed by atoms with Crippen molar-refractivity contribution in [1.29, 1.82) is 0 Å². The van der Waals surface area contributed by atoms with Crippen LogP contribution < -0.4 is 10.7 Å². The molecule has 4 aromatic rings. The van der Waals surface area contributed by atoms with E-state index in [1.807, 2.05) is 24.3 Å². The van der Waals surface area contributed by atoms with E-state index in [1.54, 1.807) is 30.3 Å². The molecular weight excluding hydrogens is 294 g/mol. The molecule has 0 saturated heterocycles. The number of furan rings is 1. The quantitative estimate of drug-likeness (QED) is 0.615. The molecule has 0 amide bonds. The molecule has 0 bridgehead atoms. The first-order valence-corrected chi connectivity index (χ1v) is 7.01. The van der Waals surface area contributed by atoms with Crippen LogP contribution >= 0.6 is 0 Å². The van der Waals surface area contributed by atoms with E-state index < -0.39 is 17.1 Å². The van der Waals surface area contributed by atoms with E-state index in [9.17, 15) is 14.7 Å². The number of nitrogens with one attached hydrogen (secondary N) is 1. The van der Waals surface area contributed by atoms with E-state index in [-0.39, 0.29) is 5.56 Å². The standard InChI is InChI=1S/C18H11NO4/c20-17-14(18(21)22)13(10-6-2-1-3-7-10)16-15(19-17)11-8-4-5-9-12(11)23-16/h1-9H,(H,19,20)(H,21,22)/p-1. The highest BCUT2D eigenvalue weighted by molar-refractivity contribution is 6.11. The average Bonchev–Trinajstić information content (AvgIpc) is 2.92. The fourth-order valence-corrected chi connectivity index (χ4v) is 2.82. The molecule has 23 heavy (non-hydrogen) atoms. The summed E-state index contributed by atoms with van der Waals surface area (Å²) in [7, 11) is 0. The van der Waals surface area contributed by atoms with Gasteiger partial charge >= 0.3 is 0 Å².